The lowest BCUT2D eigenvalue weighted by Crippen LogP contribution is -2.37. The van der Waals surface area contributed by atoms with Gasteiger partial charge >= 0.3 is 0 Å². The molecule has 4 fully saturated rings. The molecule has 0 heteroatoms. The Labute approximate surface area is 107 Å². The highest BCUT2D eigenvalue weighted by Gasteiger charge is 2.64. The lowest BCUT2D eigenvalue weighted by atomic mass is 9.61. The minimum absolute atomic E-state index is 0.638. The van der Waals surface area contributed by atoms with E-state index in [0.717, 1.165) is 29.6 Å². The summed E-state index contributed by atoms with van der Waals surface area (Å²) in [5.41, 5.74) is 1.33. The molecule has 0 aromatic rings. The molecule has 4 saturated carbocycles. The van der Waals surface area contributed by atoms with Crippen molar-refractivity contribution in [3.63, 3.8) is 0 Å². The Bertz CT molecular complexity index is 342. The first-order valence-corrected chi connectivity index (χ1v) is 8.02. The van der Waals surface area contributed by atoms with Gasteiger partial charge in [-0.25, -0.2) is 0 Å². The lowest BCUT2D eigenvalue weighted by Gasteiger charge is -2.44. The number of hydrogen-bond donors (Lipinski definition) is 0. The summed E-state index contributed by atoms with van der Waals surface area (Å²) in [5.74, 6) is 5.54. The smallest absolute Gasteiger partial charge is 0.0241 e. The molecule has 96 valence electrons. The van der Waals surface area contributed by atoms with Gasteiger partial charge in [-0.2, -0.15) is 0 Å². The maximum atomic E-state index is 2.65. The van der Waals surface area contributed by atoms with Crippen LogP contribution in [0.15, 0.2) is 0 Å². The molecular formula is C17H28. The molecule has 0 saturated heterocycles. The van der Waals surface area contributed by atoms with E-state index in [4.69, 9.17) is 0 Å². The largest absolute Gasteiger partial charge is 0.0591 e. The summed E-state index contributed by atoms with van der Waals surface area (Å²) in [6, 6.07) is 0. The van der Waals surface area contributed by atoms with Crippen LogP contribution in [0.25, 0.3) is 0 Å². The van der Waals surface area contributed by atoms with Crippen molar-refractivity contribution in [2.45, 2.75) is 65.7 Å². The van der Waals surface area contributed by atoms with Crippen LogP contribution in [0.1, 0.15) is 65.7 Å². The Morgan fingerprint density at radius 1 is 0.882 bits per heavy atom. The van der Waals surface area contributed by atoms with Crippen LogP contribution >= 0.6 is 0 Å². The summed E-state index contributed by atoms with van der Waals surface area (Å²) in [7, 11) is 0. The quantitative estimate of drug-likeness (QED) is 0.604. The standard InChI is InChI=1S/C17H28/c1-16(2)13-6-7-17(16,3)15(10-13)14-9-11-4-5-12(14)8-11/h11-15H,4-10H2,1-3H3. The molecule has 0 N–H and O–H groups in total. The van der Waals surface area contributed by atoms with E-state index in [-0.39, 0.29) is 0 Å². The van der Waals surface area contributed by atoms with Gasteiger partial charge in [0.1, 0.15) is 0 Å². The fourth-order valence-corrected chi connectivity index (χ4v) is 6.70. The highest BCUT2D eigenvalue weighted by atomic mass is 14.7. The van der Waals surface area contributed by atoms with E-state index < -0.39 is 0 Å². The van der Waals surface area contributed by atoms with Crippen LogP contribution in [0, 0.1) is 40.4 Å². The van der Waals surface area contributed by atoms with E-state index in [0.29, 0.717) is 10.8 Å². The summed E-state index contributed by atoms with van der Waals surface area (Å²) in [5, 5.41) is 0. The second kappa shape index (κ2) is 3.11. The summed E-state index contributed by atoms with van der Waals surface area (Å²) in [6.45, 7) is 7.81. The van der Waals surface area contributed by atoms with Crippen molar-refractivity contribution in [2.24, 2.45) is 40.4 Å². The topological polar surface area (TPSA) is 0 Å². The average molecular weight is 232 g/mol. The van der Waals surface area contributed by atoms with Gasteiger partial charge in [0.25, 0.3) is 0 Å². The van der Waals surface area contributed by atoms with Crippen LogP contribution in [-0.4, -0.2) is 0 Å². The van der Waals surface area contributed by atoms with E-state index in [9.17, 15) is 0 Å². The van der Waals surface area contributed by atoms with Crippen molar-refractivity contribution in [1.29, 1.82) is 0 Å². The Hall–Kier alpha value is 0. The van der Waals surface area contributed by atoms with E-state index in [1.807, 2.05) is 0 Å². The Balaban J connectivity index is 1.65. The van der Waals surface area contributed by atoms with Gasteiger partial charge in [-0.05, 0) is 78.9 Å². The minimum atomic E-state index is 0.638. The normalized spacial score (nSPS) is 59.1. The minimum Gasteiger partial charge on any atom is -0.0591 e. The molecule has 0 radical (unpaired) electrons. The number of hydrogen-bond acceptors (Lipinski definition) is 0. The van der Waals surface area contributed by atoms with Crippen molar-refractivity contribution < 1.29 is 0 Å². The predicted molar refractivity (Wildman–Crippen MR) is 71.7 cm³/mol. The molecular weight excluding hydrogens is 204 g/mol. The summed E-state index contributed by atoms with van der Waals surface area (Å²) >= 11 is 0. The second-order valence-corrected chi connectivity index (χ2v) is 8.56. The molecule has 0 spiro atoms. The molecule has 6 unspecified atom stereocenters. The van der Waals surface area contributed by atoms with Crippen LogP contribution in [-0.2, 0) is 0 Å². The summed E-state index contributed by atoms with van der Waals surface area (Å²) in [6.07, 6.45) is 11.0. The van der Waals surface area contributed by atoms with E-state index in [1.54, 1.807) is 32.1 Å². The van der Waals surface area contributed by atoms with Crippen molar-refractivity contribution >= 4 is 0 Å². The third-order valence-electron chi connectivity index (χ3n) is 8.17. The van der Waals surface area contributed by atoms with Gasteiger partial charge in [0.15, 0.2) is 0 Å². The zero-order chi connectivity index (χ0) is 11.8. The zero-order valence-electron chi connectivity index (χ0n) is 11.8. The van der Waals surface area contributed by atoms with E-state index >= 15 is 0 Å². The molecule has 4 bridgehead atoms. The third kappa shape index (κ3) is 1.16. The zero-order valence-corrected chi connectivity index (χ0v) is 11.8. The van der Waals surface area contributed by atoms with Crippen LogP contribution in [0.2, 0.25) is 0 Å². The molecule has 0 aliphatic heterocycles. The molecule has 0 nitrogen and oxygen atoms in total. The Morgan fingerprint density at radius 3 is 2.18 bits per heavy atom. The van der Waals surface area contributed by atoms with Crippen LogP contribution in [0.4, 0.5) is 0 Å². The maximum Gasteiger partial charge on any atom is -0.0241 e. The van der Waals surface area contributed by atoms with E-state index in [1.165, 1.54) is 12.8 Å². The lowest BCUT2D eigenvalue weighted by molar-refractivity contribution is 0.0457. The SMILES string of the molecule is CC1(C)C2CCC1(C)C(C1CC3CCC1C3)C2. The molecule has 4 rings (SSSR count). The van der Waals surface area contributed by atoms with Crippen LogP contribution in [0.5, 0.6) is 0 Å². The van der Waals surface area contributed by atoms with E-state index in [2.05, 4.69) is 20.8 Å². The first-order valence-electron chi connectivity index (χ1n) is 8.02. The van der Waals surface area contributed by atoms with Crippen molar-refractivity contribution in [3.05, 3.63) is 0 Å². The summed E-state index contributed by atoms with van der Waals surface area (Å²) in [4.78, 5) is 0. The fourth-order valence-electron chi connectivity index (χ4n) is 6.70. The first kappa shape index (κ1) is 10.9. The van der Waals surface area contributed by atoms with Crippen molar-refractivity contribution in [2.75, 3.05) is 0 Å². The number of fused-ring (bicyclic) bond motifs is 4. The van der Waals surface area contributed by atoms with Crippen molar-refractivity contribution in [1.82, 2.24) is 0 Å². The van der Waals surface area contributed by atoms with Gasteiger partial charge in [0.2, 0.25) is 0 Å². The number of rotatable bonds is 1. The van der Waals surface area contributed by atoms with Gasteiger partial charge in [0, 0.05) is 0 Å². The van der Waals surface area contributed by atoms with Gasteiger partial charge in [0.05, 0.1) is 0 Å². The average Bonchev–Trinajstić information content (AvgIpc) is 2.98. The molecule has 4 aliphatic carbocycles. The van der Waals surface area contributed by atoms with Gasteiger partial charge in [-0.3, -0.25) is 0 Å². The molecule has 0 amide bonds. The highest BCUT2D eigenvalue weighted by molar-refractivity contribution is 5.13. The van der Waals surface area contributed by atoms with Crippen LogP contribution < -0.4 is 0 Å². The predicted octanol–water partition coefficient (Wildman–Crippen LogP) is 4.89. The summed E-state index contributed by atoms with van der Waals surface area (Å²) < 4.78 is 0. The van der Waals surface area contributed by atoms with Crippen molar-refractivity contribution in [3.8, 4) is 0 Å². The third-order valence-corrected chi connectivity index (χ3v) is 8.17. The van der Waals surface area contributed by atoms with Gasteiger partial charge in [-0.15, -0.1) is 0 Å². The molecule has 0 aromatic carbocycles. The highest BCUT2D eigenvalue weighted by Crippen LogP contribution is 2.72. The molecule has 6 atom stereocenters. The second-order valence-electron chi connectivity index (χ2n) is 8.56. The van der Waals surface area contributed by atoms with Crippen LogP contribution in [0.3, 0.4) is 0 Å². The fraction of sp³-hybridized carbons (Fsp3) is 1.00. The molecule has 0 heterocycles. The molecule has 0 aromatic heterocycles. The first-order chi connectivity index (χ1) is 8.02. The van der Waals surface area contributed by atoms with Gasteiger partial charge in [-0.1, -0.05) is 27.2 Å². The molecule has 17 heavy (non-hydrogen) atoms. The monoisotopic (exact) mass is 232 g/mol. The van der Waals surface area contributed by atoms with Gasteiger partial charge < -0.3 is 0 Å². The molecule has 4 aliphatic rings. The Kier molecular flexibility index (Phi) is 1.99. The Morgan fingerprint density at radius 2 is 1.71 bits per heavy atom. The maximum absolute atomic E-state index is 2.65.